The van der Waals surface area contributed by atoms with Gasteiger partial charge in [0.2, 0.25) is 0 Å². The van der Waals surface area contributed by atoms with E-state index in [0.29, 0.717) is 5.57 Å². The van der Waals surface area contributed by atoms with Crippen LogP contribution in [0.3, 0.4) is 0 Å². The van der Waals surface area contributed by atoms with Gasteiger partial charge in [0.15, 0.2) is 11.6 Å². The van der Waals surface area contributed by atoms with Crippen LogP contribution in [0.4, 0.5) is 0 Å². The Labute approximate surface area is 313 Å². The van der Waals surface area contributed by atoms with Gasteiger partial charge in [-0.2, -0.15) is 0 Å². The minimum absolute atomic E-state index is 0.0175. The van der Waals surface area contributed by atoms with E-state index in [1.54, 1.807) is 0 Å². The van der Waals surface area contributed by atoms with E-state index in [1.165, 1.54) is 0 Å². The highest BCUT2D eigenvalue weighted by molar-refractivity contribution is 6.09. The van der Waals surface area contributed by atoms with Crippen molar-refractivity contribution in [3.63, 3.8) is 0 Å². The molecule has 6 aromatic carbocycles. The molecule has 0 aromatic heterocycles. The number of hydrogen-bond donors (Lipinski definition) is 0. The van der Waals surface area contributed by atoms with Crippen LogP contribution in [0.5, 0.6) is 0 Å². The number of carbonyl (C=O) groups excluding carboxylic acids is 2. The minimum Gasteiger partial charge on any atom is -0.348 e. The van der Waals surface area contributed by atoms with Crippen LogP contribution in [0.15, 0.2) is 193 Å². The average Bonchev–Trinajstić information content (AvgIpc) is 3.90. The van der Waals surface area contributed by atoms with E-state index in [9.17, 15) is 0 Å². The van der Waals surface area contributed by atoms with Crippen LogP contribution in [0, 0.1) is 23.7 Å². The number of allylic oxidation sites excluding steroid dienone is 2. The molecular weight excluding hydrogens is 665 g/mol. The topological polar surface area (TPSA) is 52.6 Å². The molecular formula is C50H34O4. The minimum atomic E-state index is -1.22. The quantitative estimate of drug-likeness (QED) is 0.185. The largest absolute Gasteiger partial charge is 0.348 e. The van der Waals surface area contributed by atoms with Gasteiger partial charge in [0, 0.05) is 11.5 Å². The van der Waals surface area contributed by atoms with Crippen LogP contribution in [-0.2, 0) is 41.5 Å². The predicted molar refractivity (Wildman–Crippen MR) is 204 cm³/mol. The zero-order valence-electron chi connectivity index (χ0n) is 29.3. The van der Waals surface area contributed by atoms with Crippen LogP contribution in [0.1, 0.15) is 44.5 Å². The van der Waals surface area contributed by atoms with Crippen molar-refractivity contribution in [2.24, 2.45) is 23.7 Å². The maximum Gasteiger partial charge on any atom is 0.170 e. The molecule has 0 amide bonds. The summed E-state index contributed by atoms with van der Waals surface area (Å²) < 4.78 is 15.6. The van der Waals surface area contributed by atoms with Crippen molar-refractivity contribution < 1.29 is 19.1 Å². The molecule has 2 saturated heterocycles. The first-order valence-electron chi connectivity index (χ1n) is 18.9. The normalized spacial score (nSPS) is 33.3. The fourth-order valence-corrected chi connectivity index (χ4v) is 11.8. The van der Waals surface area contributed by atoms with Gasteiger partial charge in [0.1, 0.15) is 22.4 Å². The van der Waals surface area contributed by atoms with Gasteiger partial charge in [-0.3, -0.25) is 9.59 Å². The van der Waals surface area contributed by atoms with Gasteiger partial charge in [-0.1, -0.05) is 182 Å². The van der Waals surface area contributed by atoms with E-state index in [4.69, 9.17) is 9.47 Å². The number of ether oxygens (including phenoxy) is 2. The van der Waals surface area contributed by atoms with Crippen molar-refractivity contribution in [2.45, 2.75) is 22.4 Å². The lowest BCUT2D eigenvalue weighted by atomic mass is 9.56. The summed E-state index contributed by atoms with van der Waals surface area (Å²) in [5.74, 6) is -2.50. The first kappa shape index (κ1) is 30.5. The molecule has 4 heteroatoms. The smallest absolute Gasteiger partial charge is 0.170 e. The second-order valence-electron chi connectivity index (χ2n) is 15.6. The Kier molecular flexibility index (Phi) is 5.87. The van der Waals surface area contributed by atoms with Gasteiger partial charge in [-0.15, -0.1) is 0 Å². The molecule has 0 unspecified atom stereocenters. The Balaban J connectivity index is 1.21. The molecule has 6 aromatic rings. The first-order valence-corrected chi connectivity index (χ1v) is 18.9. The fraction of sp³-hybridized carbons (Fsp3) is 0.160. The van der Waals surface area contributed by atoms with Gasteiger partial charge in [0.05, 0.1) is 17.8 Å². The summed E-state index contributed by atoms with van der Waals surface area (Å²) in [5, 5.41) is 0. The highest BCUT2D eigenvalue weighted by atomic mass is 16.5. The lowest BCUT2D eigenvalue weighted by Crippen LogP contribution is -2.56. The van der Waals surface area contributed by atoms with Crippen LogP contribution in [0.2, 0.25) is 0 Å². The highest BCUT2D eigenvalue weighted by Crippen LogP contribution is 2.76. The van der Waals surface area contributed by atoms with Gasteiger partial charge in [0.25, 0.3) is 0 Å². The van der Waals surface area contributed by atoms with Crippen LogP contribution in [0.25, 0.3) is 0 Å². The molecule has 0 spiro atoms. The first-order chi connectivity index (χ1) is 26.6. The van der Waals surface area contributed by atoms with Crippen molar-refractivity contribution in [1.29, 1.82) is 0 Å². The lowest BCUT2D eigenvalue weighted by molar-refractivity contribution is -0.187. The average molecular weight is 699 g/mol. The van der Waals surface area contributed by atoms with E-state index in [0.717, 1.165) is 50.1 Å². The molecule has 4 aliphatic heterocycles. The molecule has 4 nitrogen and oxygen atoms in total. The van der Waals surface area contributed by atoms with Crippen molar-refractivity contribution in [1.82, 2.24) is 0 Å². The summed E-state index contributed by atoms with van der Waals surface area (Å²) >= 11 is 0. The third-order valence-corrected chi connectivity index (χ3v) is 13.5. The summed E-state index contributed by atoms with van der Waals surface area (Å²) in [6.07, 6.45) is 3.97. The van der Waals surface area contributed by atoms with Crippen molar-refractivity contribution in [2.75, 3.05) is 0 Å². The summed E-state index contributed by atoms with van der Waals surface area (Å²) in [7, 11) is 0. The van der Waals surface area contributed by atoms with Gasteiger partial charge >= 0.3 is 0 Å². The van der Waals surface area contributed by atoms with E-state index < -0.39 is 46.1 Å². The zero-order valence-corrected chi connectivity index (χ0v) is 29.3. The molecule has 6 bridgehead atoms. The fourth-order valence-electron chi connectivity index (χ4n) is 11.8. The standard InChI is InChI=1S/C50H34O4/c51-45-35-29-30-40-46(52)43(49(33-21-9-3-10-22-33)37-26-14-13-25-36(37)47(40,53-49)31-17-5-1-6-18-31)41(35)42-44(45)50(34-23-11-4-12-24-34)39-28-16-15-27-38(39)48(42,54-50)32-19-7-2-8-20-32/h1-30,40,42-44H/t40-,42+,43+,44+,47-,48+,49+,50-/m0/s1. The number of hydrogen-bond acceptors (Lipinski definition) is 4. The molecule has 258 valence electrons. The second kappa shape index (κ2) is 10.4. The van der Waals surface area contributed by atoms with E-state index in [1.807, 2.05) is 97.1 Å². The molecule has 0 radical (unpaired) electrons. The number of Topliss-reactive ketones (excluding diaryl/α,β-unsaturated/α-hetero) is 2. The summed E-state index contributed by atoms with van der Waals surface area (Å²) in [5.41, 5.74) is 4.73. The van der Waals surface area contributed by atoms with Crippen molar-refractivity contribution in [3.05, 3.63) is 238 Å². The van der Waals surface area contributed by atoms with Crippen LogP contribution < -0.4 is 0 Å². The molecule has 2 aliphatic carbocycles. The maximum absolute atomic E-state index is 16.1. The summed E-state index contributed by atoms with van der Waals surface area (Å²) in [4.78, 5) is 31.8. The zero-order chi connectivity index (χ0) is 35.9. The Hall–Kier alpha value is -5.94. The molecule has 2 fully saturated rings. The number of rotatable bonds is 4. The molecule has 12 rings (SSSR count). The van der Waals surface area contributed by atoms with Gasteiger partial charge < -0.3 is 9.47 Å². The van der Waals surface area contributed by atoms with E-state index in [2.05, 4.69) is 84.9 Å². The van der Waals surface area contributed by atoms with E-state index >= 15 is 9.59 Å². The molecule has 0 N–H and O–H groups in total. The van der Waals surface area contributed by atoms with E-state index in [-0.39, 0.29) is 11.6 Å². The van der Waals surface area contributed by atoms with Crippen LogP contribution in [-0.4, -0.2) is 11.6 Å². The van der Waals surface area contributed by atoms with Gasteiger partial charge in [-0.05, 0) is 50.1 Å². The Bertz CT molecular complexity index is 2630. The summed E-state index contributed by atoms with van der Waals surface area (Å²) in [6.45, 7) is 0. The molecule has 4 heterocycles. The maximum atomic E-state index is 16.1. The molecule has 8 atom stereocenters. The monoisotopic (exact) mass is 698 g/mol. The molecule has 0 saturated carbocycles. The number of ketones is 2. The van der Waals surface area contributed by atoms with Gasteiger partial charge in [-0.25, -0.2) is 0 Å². The highest BCUT2D eigenvalue weighted by Gasteiger charge is 2.79. The SMILES string of the molecule is O=C1[C@H]2C3=C(C=C[C@@H]1[C@@]1(c4ccccc4)O[C@]2(c2ccccc2)c2ccccc21)C(=O)[C@H]1[C@@H]3[C@]2(c3ccccc3)O[C@@]1(c1ccccc1)c1ccccc12. The molecule has 6 aliphatic rings. The Morgan fingerprint density at radius 3 is 1.28 bits per heavy atom. The van der Waals surface area contributed by atoms with Crippen molar-refractivity contribution in [3.8, 4) is 0 Å². The van der Waals surface area contributed by atoms with Crippen molar-refractivity contribution >= 4 is 11.6 Å². The lowest BCUT2D eigenvalue weighted by Gasteiger charge is -2.50. The third kappa shape index (κ3) is 3.27. The predicted octanol–water partition coefficient (Wildman–Crippen LogP) is 8.93. The molecule has 54 heavy (non-hydrogen) atoms. The Morgan fingerprint density at radius 2 is 0.778 bits per heavy atom. The van der Waals surface area contributed by atoms with Crippen LogP contribution >= 0.6 is 0 Å². The number of carbonyl (C=O) groups is 2. The number of fused-ring (bicyclic) bond motifs is 19. The number of benzene rings is 6. The second-order valence-corrected chi connectivity index (χ2v) is 15.6. The Morgan fingerprint density at radius 1 is 0.407 bits per heavy atom. The summed E-state index contributed by atoms with van der Waals surface area (Å²) in [6, 6.07) is 57.7. The third-order valence-electron chi connectivity index (χ3n) is 13.5.